The Bertz CT molecular complexity index is 806. The number of fused-ring (bicyclic) bond motifs is 3. The van der Waals surface area contributed by atoms with Crippen molar-refractivity contribution in [1.82, 2.24) is 9.80 Å². The maximum Gasteiger partial charge on any atom is 0.229 e. The van der Waals surface area contributed by atoms with E-state index >= 15 is 0 Å². The first-order chi connectivity index (χ1) is 13.6. The van der Waals surface area contributed by atoms with Gasteiger partial charge < -0.3 is 20.1 Å². The molecule has 3 aliphatic rings. The van der Waals surface area contributed by atoms with E-state index < -0.39 is 0 Å². The summed E-state index contributed by atoms with van der Waals surface area (Å²) in [5.41, 5.74) is 9.00. The average Bonchev–Trinajstić information content (AvgIpc) is 3.20. The first-order valence-corrected chi connectivity index (χ1v) is 10.0. The van der Waals surface area contributed by atoms with E-state index in [2.05, 4.69) is 23.1 Å². The van der Waals surface area contributed by atoms with Gasteiger partial charge in [-0.3, -0.25) is 9.69 Å². The number of methoxy groups -OCH3 is 2. The van der Waals surface area contributed by atoms with Crippen molar-refractivity contribution in [3.05, 3.63) is 23.3 Å². The predicted octanol–water partition coefficient (Wildman–Crippen LogP) is 1.46. The summed E-state index contributed by atoms with van der Waals surface area (Å²) in [6.07, 6.45) is 3.30. The quantitative estimate of drug-likeness (QED) is 0.848. The SMILES string of the molecule is COc1cc2c(cc1OC)[C@@H]1C[C@H](N)[C@@H](C(=O)N3CCC[C@H]3C#N)CN1CC2. The molecular weight excluding hydrogens is 356 g/mol. The van der Waals surface area contributed by atoms with Crippen LogP contribution in [0.5, 0.6) is 11.5 Å². The van der Waals surface area contributed by atoms with E-state index in [0.29, 0.717) is 13.1 Å². The molecule has 0 saturated carbocycles. The summed E-state index contributed by atoms with van der Waals surface area (Å²) < 4.78 is 10.9. The number of carbonyl (C=O) groups excluding carboxylic acids is 1. The molecule has 3 aliphatic heterocycles. The summed E-state index contributed by atoms with van der Waals surface area (Å²) in [7, 11) is 3.30. The third-order valence-corrected chi connectivity index (χ3v) is 6.56. The van der Waals surface area contributed by atoms with Crippen LogP contribution in [0.3, 0.4) is 0 Å². The third kappa shape index (κ3) is 3.11. The van der Waals surface area contributed by atoms with Crippen LogP contribution in [0.15, 0.2) is 12.1 Å². The van der Waals surface area contributed by atoms with Crippen LogP contribution in [0, 0.1) is 17.2 Å². The van der Waals surface area contributed by atoms with Crippen molar-refractivity contribution < 1.29 is 14.3 Å². The van der Waals surface area contributed by atoms with Gasteiger partial charge in [0.1, 0.15) is 6.04 Å². The number of amides is 1. The highest BCUT2D eigenvalue weighted by Crippen LogP contribution is 2.42. The van der Waals surface area contributed by atoms with Crippen LogP contribution in [-0.2, 0) is 11.2 Å². The Morgan fingerprint density at radius 2 is 2.00 bits per heavy atom. The van der Waals surface area contributed by atoms with Crippen molar-refractivity contribution in [2.75, 3.05) is 33.9 Å². The molecule has 4 rings (SSSR count). The van der Waals surface area contributed by atoms with Crippen molar-refractivity contribution in [2.24, 2.45) is 11.7 Å². The molecule has 1 aromatic rings. The van der Waals surface area contributed by atoms with Crippen molar-refractivity contribution in [2.45, 2.75) is 43.8 Å². The van der Waals surface area contributed by atoms with Crippen molar-refractivity contribution in [1.29, 1.82) is 5.26 Å². The van der Waals surface area contributed by atoms with Gasteiger partial charge in [0.2, 0.25) is 5.91 Å². The minimum atomic E-state index is -0.295. The van der Waals surface area contributed by atoms with Gasteiger partial charge >= 0.3 is 0 Å². The number of hydrogen-bond acceptors (Lipinski definition) is 6. The standard InChI is InChI=1S/C21H28N4O3/c1-27-19-8-13-5-7-24-12-16(21(26)25-6-3-4-14(25)11-22)17(23)10-18(24)15(13)9-20(19)28-2/h8-9,14,16-18H,3-7,10,12,23H2,1-2H3/t14-,16-,17-,18-/m0/s1. The van der Waals surface area contributed by atoms with Gasteiger partial charge in [0, 0.05) is 31.7 Å². The number of rotatable bonds is 3. The van der Waals surface area contributed by atoms with Crippen LogP contribution in [0.2, 0.25) is 0 Å². The molecule has 2 fully saturated rings. The second-order valence-corrected chi connectivity index (χ2v) is 7.99. The van der Waals surface area contributed by atoms with E-state index in [1.165, 1.54) is 11.1 Å². The van der Waals surface area contributed by atoms with E-state index in [1.54, 1.807) is 19.1 Å². The molecule has 0 radical (unpaired) electrons. The van der Waals surface area contributed by atoms with Gasteiger partial charge in [0.15, 0.2) is 11.5 Å². The zero-order valence-electron chi connectivity index (χ0n) is 16.6. The van der Waals surface area contributed by atoms with Gasteiger partial charge in [-0.05, 0) is 48.9 Å². The maximum absolute atomic E-state index is 13.1. The van der Waals surface area contributed by atoms with E-state index in [9.17, 15) is 10.1 Å². The number of nitriles is 1. The van der Waals surface area contributed by atoms with E-state index in [0.717, 1.165) is 43.7 Å². The third-order valence-electron chi connectivity index (χ3n) is 6.56. The molecule has 28 heavy (non-hydrogen) atoms. The lowest BCUT2D eigenvalue weighted by molar-refractivity contribution is -0.138. The number of likely N-dealkylation sites (tertiary alicyclic amines) is 1. The van der Waals surface area contributed by atoms with Gasteiger partial charge in [-0.15, -0.1) is 0 Å². The van der Waals surface area contributed by atoms with Gasteiger partial charge in [-0.1, -0.05) is 0 Å². The molecule has 0 unspecified atom stereocenters. The zero-order chi connectivity index (χ0) is 19.8. The van der Waals surface area contributed by atoms with E-state index in [-0.39, 0.29) is 30.0 Å². The molecule has 0 aromatic heterocycles. The fraction of sp³-hybridized carbons (Fsp3) is 0.619. The Labute approximate surface area is 166 Å². The van der Waals surface area contributed by atoms with Gasteiger partial charge in [-0.2, -0.15) is 5.26 Å². The molecule has 150 valence electrons. The Balaban J connectivity index is 1.57. The van der Waals surface area contributed by atoms with Crippen LogP contribution in [0.25, 0.3) is 0 Å². The summed E-state index contributed by atoms with van der Waals surface area (Å²) in [4.78, 5) is 17.2. The zero-order valence-corrected chi connectivity index (χ0v) is 16.6. The number of piperidine rings is 1. The molecule has 2 saturated heterocycles. The maximum atomic E-state index is 13.1. The summed E-state index contributed by atoms with van der Waals surface area (Å²) >= 11 is 0. The molecule has 0 spiro atoms. The van der Waals surface area contributed by atoms with Crippen molar-refractivity contribution in [3.8, 4) is 17.6 Å². The highest BCUT2D eigenvalue weighted by atomic mass is 16.5. The topological polar surface area (TPSA) is 91.8 Å². The summed E-state index contributed by atoms with van der Waals surface area (Å²) in [6, 6.07) is 6.07. The van der Waals surface area contributed by atoms with Crippen molar-refractivity contribution in [3.63, 3.8) is 0 Å². The van der Waals surface area contributed by atoms with Crippen LogP contribution in [-0.4, -0.2) is 61.6 Å². The monoisotopic (exact) mass is 384 g/mol. The molecule has 0 aliphatic carbocycles. The molecule has 1 amide bonds. The minimum absolute atomic E-state index is 0.0492. The van der Waals surface area contributed by atoms with E-state index in [4.69, 9.17) is 15.2 Å². The Kier molecular flexibility index (Phi) is 5.17. The second kappa shape index (κ2) is 7.61. The number of nitrogens with two attached hydrogens (primary N) is 1. The normalized spacial score (nSPS) is 29.6. The van der Waals surface area contributed by atoms with Gasteiger partial charge in [0.25, 0.3) is 0 Å². The lowest BCUT2D eigenvalue weighted by Gasteiger charge is -2.46. The average molecular weight is 384 g/mol. The number of ether oxygens (including phenoxy) is 2. The number of carbonyl (C=O) groups is 1. The number of nitrogens with zero attached hydrogens (tertiary/aromatic N) is 3. The predicted molar refractivity (Wildman–Crippen MR) is 104 cm³/mol. The molecule has 4 atom stereocenters. The largest absolute Gasteiger partial charge is 0.493 e. The molecule has 1 aromatic carbocycles. The molecule has 3 heterocycles. The Hall–Kier alpha value is -2.30. The van der Waals surface area contributed by atoms with Gasteiger partial charge in [-0.25, -0.2) is 0 Å². The Morgan fingerprint density at radius 3 is 2.71 bits per heavy atom. The lowest BCUT2D eigenvalue weighted by Crippen LogP contribution is -2.56. The molecule has 7 nitrogen and oxygen atoms in total. The summed E-state index contributed by atoms with van der Waals surface area (Å²) in [6.45, 7) is 2.21. The van der Waals surface area contributed by atoms with Crippen molar-refractivity contribution >= 4 is 5.91 Å². The minimum Gasteiger partial charge on any atom is -0.493 e. The summed E-state index contributed by atoms with van der Waals surface area (Å²) in [5.74, 6) is 1.28. The molecule has 0 bridgehead atoms. The van der Waals surface area contributed by atoms with Crippen LogP contribution in [0.4, 0.5) is 0 Å². The first-order valence-electron chi connectivity index (χ1n) is 10.0. The molecule has 2 N–H and O–H groups in total. The highest BCUT2D eigenvalue weighted by Gasteiger charge is 2.43. The van der Waals surface area contributed by atoms with Crippen LogP contribution in [0.1, 0.15) is 36.4 Å². The van der Waals surface area contributed by atoms with E-state index in [1.807, 2.05) is 0 Å². The first kappa shape index (κ1) is 19.0. The summed E-state index contributed by atoms with van der Waals surface area (Å²) in [5, 5.41) is 9.33. The molecular formula is C21H28N4O3. The smallest absolute Gasteiger partial charge is 0.229 e. The van der Waals surface area contributed by atoms with Gasteiger partial charge in [0.05, 0.1) is 26.2 Å². The molecule has 7 heteroatoms. The van der Waals surface area contributed by atoms with Crippen LogP contribution < -0.4 is 15.2 Å². The second-order valence-electron chi connectivity index (χ2n) is 7.99. The van der Waals surface area contributed by atoms with Crippen LogP contribution >= 0.6 is 0 Å². The lowest BCUT2D eigenvalue weighted by atomic mass is 9.80. The number of hydrogen-bond donors (Lipinski definition) is 1. The fourth-order valence-corrected chi connectivity index (χ4v) is 5.02. The Morgan fingerprint density at radius 1 is 1.25 bits per heavy atom. The highest BCUT2D eigenvalue weighted by molar-refractivity contribution is 5.81. The number of benzene rings is 1. The fourth-order valence-electron chi connectivity index (χ4n) is 5.02.